The number of aryl methyl sites for hydroxylation is 1. The normalized spacial score (nSPS) is 23.0. The fourth-order valence-corrected chi connectivity index (χ4v) is 19.0. The van der Waals surface area contributed by atoms with E-state index in [2.05, 4.69) is 266 Å². The summed E-state index contributed by atoms with van der Waals surface area (Å²) in [6, 6.07) is 66.8. The Morgan fingerprint density at radius 2 is 0.953 bits per heavy atom. The molecule has 9 aromatic carbocycles. The van der Waals surface area contributed by atoms with Gasteiger partial charge >= 0.3 is 0 Å². The van der Waals surface area contributed by atoms with Crippen LogP contribution in [0.2, 0.25) is 0 Å². The maximum Gasteiger partial charge on any atom is 0.252 e. The number of benzene rings is 9. The molecule has 0 radical (unpaired) electrons. The number of furan rings is 1. The van der Waals surface area contributed by atoms with E-state index in [-0.39, 0.29) is 39.5 Å². The zero-order valence-corrected chi connectivity index (χ0v) is 52.8. The van der Waals surface area contributed by atoms with Crippen LogP contribution in [0.1, 0.15) is 148 Å². The third-order valence-electron chi connectivity index (χ3n) is 22.9. The highest BCUT2D eigenvalue weighted by molar-refractivity contribution is 7.25. The molecule has 0 saturated heterocycles. The first-order valence-electron chi connectivity index (χ1n) is 32.0. The molecule has 17 rings (SSSR count). The Balaban J connectivity index is 0.941. The highest BCUT2D eigenvalue weighted by Gasteiger charge is 2.60. The standard InChI is InChI=1S/C79H77BN4OS/c1-48-41-67-72-68(42-48)82(64-24-20-23-56-54-21-12-14-25-69(54)85-73(56)64)66-47-53(84-63-35-28-50(75(5,6)7)44-59(63)77(9)38-17-19-40-79(77,84)11)30-33-61(66)80(72)60-32-29-52(46-65(60)81(67)51-31-36-71-57(45-51)55-22-13-15-26-70(55)86-71)83-62-34-27-49(74(2,3)4)43-58(62)76(8)37-16-18-39-78(76,83)10/h12-15,20-36,41-47H,16-19,37-40H2,1-11H3. The van der Waals surface area contributed by atoms with Gasteiger partial charge in [0, 0.05) is 93.0 Å². The van der Waals surface area contributed by atoms with Crippen LogP contribution in [-0.2, 0) is 21.7 Å². The zero-order chi connectivity index (χ0) is 58.8. The van der Waals surface area contributed by atoms with Gasteiger partial charge in [-0.3, -0.25) is 0 Å². The van der Waals surface area contributed by atoms with Crippen molar-refractivity contribution in [3.8, 4) is 0 Å². The summed E-state index contributed by atoms with van der Waals surface area (Å²) in [7, 11) is 0. The van der Waals surface area contributed by atoms with Gasteiger partial charge in [-0.05, 0) is 186 Å². The molecule has 11 aromatic rings. The Morgan fingerprint density at radius 3 is 1.57 bits per heavy atom. The highest BCUT2D eigenvalue weighted by Crippen LogP contribution is 2.64. The number of nitrogens with zero attached hydrogens (tertiary/aromatic N) is 4. The third kappa shape index (κ3) is 6.95. The van der Waals surface area contributed by atoms with E-state index in [9.17, 15) is 0 Å². The van der Waals surface area contributed by atoms with E-state index in [0.29, 0.717) is 0 Å². The molecule has 5 nitrogen and oxygen atoms in total. The monoisotopic (exact) mass is 1140 g/mol. The first-order valence-corrected chi connectivity index (χ1v) is 32.8. The Labute approximate surface area is 512 Å². The van der Waals surface area contributed by atoms with Gasteiger partial charge in [-0.15, -0.1) is 11.3 Å². The Kier molecular flexibility index (Phi) is 10.8. The molecule has 2 aromatic heterocycles. The van der Waals surface area contributed by atoms with Gasteiger partial charge in [-0.25, -0.2) is 0 Å². The van der Waals surface area contributed by atoms with Crippen LogP contribution in [0.3, 0.4) is 0 Å². The van der Waals surface area contributed by atoms with Gasteiger partial charge in [-0.2, -0.15) is 0 Å². The van der Waals surface area contributed by atoms with Crippen molar-refractivity contribution < 1.29 is 4.42 Å². The number of thiophene rings is 1. The molecule has 4 unspecified atom stereocenters. The molecule has 0 N–H and O–H groups in total. The van der Waals surface area contributed by atoms with E-state index in [1.165, 1.54) is 154 Å². The molecular weight excluding hydrogens is 1060 g/mol. The van der Waals surface area contributed by atoms with E-state index >= 15 is 0 Å². The quantitative estimate of drug-likeness (QED) is 0.164. The van der Waals surface area contributed by atoms with Crippen LogP contribution in [0.15, 0.2) is 174 Å². The van der Waals surface area contributed by atoms with Gasteiger partial charge in [0.1, 0.15) is 5.58 Å². The molecule has 0 amide bonds. The van der Waals surface area contributed by atoms with Crippen LogP contribution >= 0.6 is 11.3 Å². The van der Waals surface area contributed by atoms with Crippen molar-refractivity contribution in [3.05, 3.63) is 198 Å². The average molecular weight is 1140 g/mol. The molecule has 0 bridgehead atoms. The van der Waals surface area contributed by atoms with Gasteiger partial charge in [-0.1, -0.05) is 166 Å². The third-order valence-corrected chi connectivity index (χ3v) is 24.0. The van der Waals surface area contributed by atoms with E-state index in [4.69, 9.17) is 4.42 Å². The predicted octanol–water partition coefficient (Wildman–Crippen LogP) is 20.4. The summed E-state index contributed by atoms with van der Waals surface area (Å²) in [5.74, 6) is 0. The first kappa shape index (κ1) is 52.6. The van der Waals surface area contributed by atoms with Crippen LogP contribution in [0.5, 0.6) is 0 Å². The lowest BCUT2D eigenvalue weighted by Crippen LogP contribution is -2.61. The lowest BCUT2D eigenvalue weighted by molar-refractivity contribution is 0.195. The van der Waals surface area contributed by atoms with Gasteiger partial charge < -0.3 is 24.0 Å². The minimum Gasteiger partial charge on any atom is -0.454 e. The van der Waals surface area contributed by atoms with Crippen molar-refractivity contribution >= 4 is 133 Å². The number of fused-ring (bicyclic) bond motifs is 16. The van der Waals surface area contributed by atoms with E-state index in [1.54, 1.807) is 0 Å². The van der Waals surface area contributed by atoms with E-state index < -0.39 is 0 Å². The summed E-state index contributed by atoms with van der Waals surface area (Å²) in [4.78, 5) is 10.9. The SMILES string of the molecule is Cc1cc2c3c(c1)N(c1cccc4c1oc1ccccc14)c1cc(N4c5ccc(C(C)(C)C)cc5C5(C)CCCCC45C)ccc1B3c1ccc(N3c4ccc(C(C)(C)C)cc4C4(C)CCCCC34C)cc1N2c1ccc2sc3ccccc3c2c1. The molecule has 4 aliphatic heterocycles. The van der Waals surface area contributed by atoms with Crippen LogP contribution in [-0.4, -0.2) is 17.8 Å². The Hall–Kier alpha value is -7.74. The number of rotatable bonds is 4. The topological polar surface area (TPSA) is 26.1 Å². The molecule has 428 valence electrons. The van der Waals surface area contributed by atoms with Gasteiger partial charge in [0.25, 0.3) is 6.71 Å². The number of hydrogen-bond donors (Lipinski definition) is 0. The Morgan fingerprint density at radius 1 is 0.430 bits per heavy atom. The molecule has 4 atom stereocenters. The molecule has 6 aliphatic rings. The molecule has 2 fully saturated rings. The maximum atomic E-state index is 7.12. The minimum atomic E-state index is -0.130. The van der Waals surface area contributed by atoms with Crippen LogP contribution in [0.4, 0.5) is 56.9 Å². The summed E-state index contributed by atoms with van der Waals surface area (Å²) in [5.41, 5.74) is 25.0. The van der Waals surface area contributed by atoms with Gasteiger partial charge in [0.2, 0.25) is 0 Å². The first-order chi connectivity index (χ1) is 41.3. The van der Waals surface area contributed by atoms with Crippen molar-refractivity contribution in [1.29, 1.82) is 0 Å². The summed E-state index contributed by atoms with van der Waals surface area (Å²) in [6.07, 6.45) is 9.56. The van der Waals surface area contributed by atoms with E-state index in [0.717, 1.165) is 40.5 Å². The van der Waals surface area contributed by atoms with Crippen LogP contribution in [0, 0.1) is 6.92 Å². The number of anilines is 10. The van der Waals surface area contributed by atoms with Crippen molar-refractivity contribution in [2.24, 2.45) is 0 Å². The van der Waals surface area contributed by atoms with Crippen molar-refractivity contribution in [3.63, 3.8) is 0 Å². The second-order valence-electron chi connectivity index (χ2n) is 29.6. The average Bonchev–Trinajstić information content (AvgIpc) is 1.43. The number of para-hydroxylation sites is 2. The minimum absolute atomic E-state index is 0.00979. The molecule has 6 heterocycles. The van der Waals surface area contributed by atoms with Crippen LogP contribution < -0.4 is 36.0 Å². The largest absolute Gasteiger partial charge is 0.454 e. The van der Waals surface area contributed by atoms with Gasteiger partial charge in [0.05, 0.1) is 16.8 Å². The molecule has 86 heavy (non-hydrogen) atoms. The predicted molar refractivity (Wildman–Crippen MR) is 368 cm³/mol. The van der Waals surface area contributed by atoms with E-state index in [1.807, 2.05) is 11.3 Å². The van der Waals surface area contributed by atoms with Crippen LogP contribution in [0.25, 0.3) is 42.1 Å². The molecular formula is C79H77BN4OS. The zero-order valence-electron chi connectivity index (χ0n) is 52.0. The summed E-state index contributed by atoms with van der Waals surface area (Å²) >= 11 is 1.89. The van der Waals surface area contributed by atoms with Crippen molar-refractivity contribution in [1.82, 2.24) is 0 Å². The summed E-state index contributed by atoms with van der Waals surface area (Å²) in [6.45, 7) is 26.8. The second kappa shape index (κ2) is 17.7. The molecule has 2 aliphatic carbocycles. The number of hydrogen-bond acceptors (Lipinski definition) is 6. The fourth-order valence-electron chi connectivity index (χ4n) is 17.9. The smallest absolute Gasteiger partial charge is 0.252 e. The Bertz CT molecular complexity index is 4730. The highest BCUT2D eigenvalue weighted by atomic mass is 32.1. The molecule has 7 heteroatoms. The second-order valence-corrected chi connectivity index (χ2v) is 30.7. The summed E-state index contributed by atoms with van der Waals surface area (Å²) < 4.78 is 9.75. The van der Waals surface area contributed by atoms with Crippen molar-refractivity contribution in [2.45, 2.75) is 160 Å². The van der Waals surface area contributed by atoms with Crippen molar-refractivity contribution in [2.75, 3.05) is 19.6 Å². The fraction of sp³-hybridized carbons (Fsp3) is 0.316. The molecule has 2 saturated carbocycles. The lowest BCUT2D eigenvalue weighted by atomic mass is 9.33. The maximum absolute atomic E-state index is 7.12. The van der Waals surface area contributed by atoms with Gasteiger partial charge in [0.15, 0.2) is 5.58 Å². The molecule has 0 spiro atoms. The lowest BCUT2D eigenvalue weighted by Gasteiger charge is -2.51. The summed E-state index contributed by atoms with van der Waals surface area (Å²) in [5, 5.41) is 4.88.